The fourth-order valence-electron chi connectivity index (χ4n) is 3.95. The molecule has 0 aliphatic carbocycles. The number of amides is 1. The zero-order valence-corrected chi connectivity index (χ0v) is 16.3. The summed E-state index contributed by atoms with van der Waals surface area (Å²) >= 11 is 0. The lowest BCUT2D eigenvalue weighted by molar-refractivity contribution is -0.134. The summed E-state index contributed by atoms with van der Waals surface area (Å²) in [6.45, 7) is 5.05. The SMILES string of the molecule is Cc1nc2c(cnn2-c2ccccc2)c(=O)n1CCC(=O)N1CCCCC1C. The number of fused-ring (bicyclic) bond motifs is 1. The molecule has 0 N–H and O–H groups in total. The lowest BCUT2D eigenvalue weighted by atomic mass is 10.0. The first-order valence-electron chi connectivity index (χ1n) is 9.86. The highest BCUT2D eigenvalue weighted by Crippen LogP contribution is 2.18. The van der Waals surface area contributed by atoms with Gasteiger partial charge in [-0.2, -0.15) is 5.10 Å². The molecule has 3 aromatic rings. The average Bonchev–Trinajstić information content (AvgIpc) is 3.12. The van der Waals surface area contributed by atoms with Crippen LogP contribution < -0.4 is 5.56 Å². The van der Waals surface area contributed by atoms with Crippen LogP contribution in [-0.2, 0) is 11.3 Å². The number of carbonyl (C=O) groups is 1. The summed E-state index contributed by atoms with van der Waals surface area (Å²) in [5.74, 6) is 0.702. The van der Waals surface area contributed by atoms with Crippen molar-refractivity contribution in [3.63, 3.8) is 0 Å². The van der Waals surface area contributed by atoms with Crippen LogP contribution in [0.5, 0.6) is 0 Å². The van der Waals surface area contributed by atoms with Crippen molar-refractivity contribution in [1.82, 2.24) is 24.2 Å². The van der Waals surface area contributed by atoms with Gasteiger partial charge >= 0.3 is 0 Å². The Morgan fingerprint density at radius 1 is 1.21 bits per heavy atom. The molecular weight excluding hydrogens is 354 g/mol. The standard InChI is InChI=1S/C21H25N5O2/c1-15-8-6-7-12-24(15)19(27)11-13-25-16(2)23-20-18(21(25)28)14-22-26(20)17-9-4-3-5-10-17/h3-5,9-10,14-15H,6-8,11-13H2,1-2H3. The molecule has 1 aliphatic heterocycles. The van der Waals surface area contributed by atoms with Crippen molar-refractivity contribution in [3.05, 3.63) is 52.7 Å². The maximum atomic E-state index is 13.0. The molecule has 1 fully saturated rings. The molecule has 2 aromatic heterocycles. The molecule has 1 amide bonds. The summed E-state index contributed by atoms with van der Waals surface area (Å²) in [7, 11) is 0. The topological polar surface area (TPSA) is 73.0 Å². The highest BCUT2D eigenvalue weighted by Gasteiger charge is 2.23. The van der Waals surface area contributed by atoms with Crippen molar-refractivity contribution >= 4 is 16.9 Å². The van der Waals surface area contributed by atoms with E-state index in [0.717, 1.165) is 25.1 Å². The van der Waals surface area contributed by atoms with E-state index in [1.807, 2.05) is 35.2 Å². The number of para-hydroxylation sites is 1. The van der Waals surface area contributed by atoms with E-state index in [1.54, 1.807) is 22.4 Å². The average molecular weight is 379 g/mol. The van der Waals surface area contributed by atoms with Gasteiger partial charge in [-0.15, -0.1) is 0 Å². The Morgan fingerprint density at radius 3 is 2.75 bits per heavy atom. The molecule has 146 valence electrons. The van der Waals surface area contributed by atoms with Gasteiger partial charge in [0.2, 0.25) is 5.91 Å². The second-order valence-corrected chi connectivity index (χ2v) is 7.43. The van der Waals surface area contributed by atoms with Gasteiger partial charge in [-0.1, -0.05) is 18.2 Å². The smallest absolute Gasteiger partial charge is 0.264 e. The molecular formula is C21H25N5O2. The predicted octanol–water partition coefficient (Wildman–Crippen LogP) is 2.68. The molecule has 28 heavy (non-hydrogen) atoms. The fraction of sp³-hybridized carbons (Fsp3) is 0.429. The molecule has 1 aliphatic rings. The third-order valence-corrected chi connectivity index (χ3v) is 5.55. The lowest BCUT2D eigenvalue weighted by Gasteiger charge is -2.33. The highest BCUT2D eigenvalue weighted by atomic mass is 16.2. The van der Waals surface area contributed by atoms with E-state index >= 15 is 0 Å². The van der Waals surface area contributed by atoms with Gasteiger partial charge in [-0.3, -0.25) is 14.2 Å². The summed E-state index contributed by atoms with van der Waals surface area (Å²) in [6.07, 6.45) is 5.15. The van der Waals surface area contributed by atoms with Gasteiger partial charge in [-0.25, -0.2) is 9.67 Å². The number of nitrogens with zero attached hydrogens (tertiary/aromatic N) is 5. The normalized spacial score (nSPS) is 17.2. The first kappa shape index (κ1) is 18.4. The molecule has 1 saturated heterocycles. The third-order valence-electron chi connectivity index (χ3n) is 5.55. The van der Waals surface area contributed by atoms with E-state index in [-0.39, 0.29) is 17.5 Å². The number of hydrogen-bond acceptors (Lipinski definition) is 4. The van der Waals surface area contributed by atoms with E-state index in [0.29, 0.717) is 29.8 Å². The van der Waals surface area contributed by atoms with Gasteiger partial charge in [0, 0.05) is 25.6 Å². The number of rotatable bonds is 4. The number of aromatic nitrogens is 4. The van der Waals surface area contributed by atoms with E-state index < -0.39 is 0 Å². The van der Waals surface area contributed by atoms with Crippen LogP contribution in [0.3, 0.4) is 0 Å². The largest absolute Gasteiger partial charge is 0.340 e. The van der Waals surface area contributed by atoms with E-state index in [9.17, 15) is 9.59 Å². The first-order valence-corrected chi connectivity index (χ1v) is 9.86. The molecule has 7 heteroatoms. The van der Waals surface area contributed by atoms with Crippen LogP contribution in [0.4, 0.5) is 0 Å². The van der Waals surface area contributed by atoms with Gasteiger partial charge in [0.15, 0.2) is 5.65 Å². The van der Waals surface area contributed by atoms with Crippen LogP contribution in [-0.4, -0.2) is 42.7 Å². The van der Waals surface area contributed by atoms with Gasteiger partial charge in [0.05, 0.1) is 11.9 Å². The Hall–Kier alpha value is -2.96. The molecule has 1 aromatic carbocycles. The number of likely N-dealkylation sites (tertiary alicyclic amines) is 1. The van der Waals surface area contributed by atoms with Crippen molar-refractivity contribution < 1.29 is 4.79 Å². The second kappa shape index (κ2) is 7.58. The van der Waals surface area contributed by atoms with Gasteiger partial charge < -0.3 is 4.90 Å². The van der Waals surface area contributed by atoms with Crippen LogP contribution in [0.2, 0.25) is 0 Å². The molecule has 0 bridgehead atoms. The van der Waals surface area contributed by atoms with Crippen molar-refractivity contribution in [1.29, 1.82) is 0 Å². The number of hydrogen-bond donors (Lipinski definition) is 0. The third kappa shape index (κ3) is 3.32. The number of aryl methyl sites for hydroxylation is 1. The molecule has 7 nitrogen and oxygen atoms in total. The van der Waals surface area contributed by atoms with Crippen LogP contribution in [0, 0.1) is 6.92 Å². The van der Waals surface area contributed by atoms with Crippen LogP contribution in [0.1, 0.15) is 38.4 Å². The van der Waals surface area contributed by atoms with Crippen molar-refractivity contribution in [3.8, 4) is 5.69 Å². The van der Waals surface area contributed by atoms with Crippen LogP contribution >= 0.6 is 0 Å². The first-order chi connectivity index (χ1) is 13.6. The van der Waals surface area contributed by atoms with Crippen molar-refractivity contribution in [2.75, 3.05) is 6.54 Å². The Balaban J connectivity index is 1.60. The summed E-state index contributed by atoms with van der Waals surface area (Å²) < 4.78 is 3.26. The minimum Gasteiger partial charge on any atom is -0.340 e. The second-order valence-electron chi connectivity index (χ2n) is 7.43. The summed E-state index contributed by atoms with van der Waals surface area (Å²) in [4.78, 5) is 32.2. The van der Waals surface area contributed by atoms with Gasteiger partial charge in [-0.05, 0) is 45.2 Å². The van der Waals surface area contributed by atoms with E-state index in [4.69, 9.17) is 0 Å². The number of carbonyl (C=O) groups excluding carboxylic acids is 1. The highest BCUT2D eigenvalue weighted by molar-refractivity contribution is 5.77. The molecule has 4 rings (SSSR count). The summed E-state index contributed by atoms with van der Waals surface area (Å²) in [6, 6.07) is 9.90. The molecule has 0 spiro atoms. The van der Waals surface area contributed by atoms with Gasteiger partial charge in [0.25, 0.3) is 5.56 Å². The molecule has 0 radical (unpaired) electrons. The molecule has 3 heterocycles. The van der Waals surface area contributed by atoms with Gasteiger partial charge in [0.1, 0.15) is 11.2 Å². The monoisotopic (exact) mass is 379 g/mol. The minimum absolute atomic E-state index is 0.110. The minimum atomic E-state index is -0.149. The predicted molar refractivity (Wildman–Crippen MR) is 108 cm³/mol. The van der Waals surface area contributed by atoms with Crippen molar-refractivity contribution in [2.24, 2.45) is 0 Å². The Kier molecular flexibility index (Phi) is 4.98. The Labute approximate surface area is 163 Å². The van der Waals surface area contributed by atoms with E-state index in [1.165, 1.54) is 6.42 Å². The van der Waals surface area contributed by atoms with Crippen LogP contribution in [0.25, 0.3) is 16.7 Å². The Bertz CT molecular complexity index is 1050. The molecule has 1 unspecified atom stereocenters. The summed E-state index contributed by atoms with van der Waals surface area (Å²) in [5.41, 5.74) is 1.25. The zero-order valence-electron chi connectivity index (χ0n) is 16.3. The maximum absolute atomic E-state index is 13.0. The number of benzene rings is 1. The summed E-state index contributed by atoms with van der Waals surface area (Å²) in [5, 5.41) is 4.82. The molecule has 0 saturated carbocycles. The van der Waals surface area contributed by atoms with E-state index in [2.05, 4.69) is 17.0 Å². The Morgan fingerprint density at radius 2 is 2.00 bits per heavy atom. The van der Waals surface area contributed by atoms with Crippen LogP contribution in [0.15, 0.2) is 41.3 Å². The number of piperidine rings is 1. The van der Waals surface area contributed by atoms with Crippen molar-refractivity contribution in [2.45, 2.75) is 52.1 Å². The maximum Gasteiger partial charge on any atom is 0.264 e. The quantitative estimate of drug-likeness (QED) is 0.699. The fourth-order valence-corrected chi connectivity index (χ4v) is 3.95. The lowest BCUT2D eigenvalue weighted by Crippen LogP contribution is -2.42. The molecule has 1 atom stereocenters. The zero-order chi connectivity index (χ0) is 19.7.